The second-order valence-corrected chi connectivity index (χ2v) is 3.88. The number of amides is 1. The molecule has 1 amide bonds. The Morgan fingerprint density at radius 3 is 2.72 bits per heavy atom. The summed E-state index contributed by atoms with van der Waals surface area (Å²) in [6.45, 7) is 4.46. The van der Waals surface area contributed by atoms with Crippen molar-refractivity contribution >= 4 is 5.91 Å². The molecule has 18 heavy (non-hydrogen) atoms. The third-order valence-electron chi connectivity index (χ3n) is 2.34. The highest BCUT2D eigenvalue weighted by atomic mass is 16.5. The molecule has 0 saturated carbocycles. The highest BCUT2D eigenvalue weighted by molar-refractivity contribution is 5.77. The van der Waals surface area contributed by atoms with Gasteiger partial charge in [0.2, 0.25) is 5.91 Å². The van der Waals surface area contributed by atoms with E-state index in [9.17, 15) is 4.79 Å². The maximum Gasteiger partial charge on any atom is 0.245 e. The maximum absolute atomic E-state index is 11.2. The normalized spacial score (nSPS) is 10.3. The van der Waals surface area contributed by atoms with E-state index in [0.717, 1.165) is 12.0 Å². The third kappa shape index (κ3) is 7.04. The second-order valence-electron chi connectivity index (χ2n) is 3.88. The number of ether oxygens (including phenoxy) is 2. The molecule has 0 heterocycles. The van der Waals surface area contributed by atoms with Gasteiger partial charge in [-0.2, -0.15) is 0 Å². The van der Waals surface area contributed by atoms with Crippen molar-refractivity contribution in [3.63, 3.8) is 0 Å². The summed E-state index contributed by atoms with van der Waals surface area (Å²) in [5.41, 5.74) is 1.16. The molecular formula is C14H21NO3. The molecule has 4 nitrogen and oxygen atoms in total. The molecule has 4 heteroatoms. The predicted molar refractivity (Wildman–Crippen MR) is 70.2 cm³/mol. The van der Waals surface area contributed by atoms with Gasteiger partial charge >= 0.3 is 0 Å². The van der Waals surface area contributed by atoms with Crippen molar-refractivity contribution in [1.82, 2.24) is 5.32 Å². The summed E-state index contributed by atoms with van der Waals surface area (Å²) < 4.78 is 10.5. The summed E-state index contributed by atoms with van der Waals surface area (Å²) in [6, 6.07) is 10.0. The highest BCUT2D eigenvalue weighted by Crippen LogP contribution is 2.00. The van der Waals surface area contributed by atoms with Gasteiger partial charge in [-0.05, 0) is 18.9 Å². The Kier molecular flexibility index (Phi) is 7.84. The Bertz CT molecular complexity index is 327. The lowest BCUT2D eigenvalue weighted by atomic mass is 10.2. The molecule has 0 spiro atoms. The van der Waals surface area contributed by atoms with E-state index in [4.69, 9.17) is 9.47 Å². The zero-order chi connectivity index (χ0) is 13.1. The fourth-order valence-electron chi connectivity index (χ4n) is 1.41. The molecule has 0 atom stereocenters. The van der Waals surface area contributed by atoms with Crippen LogP contribution in [0.3, 0.4) is 0 Å². The summed E-state index contributed by atoms with van der Waals surface area (Å²) in [4.78, 5) is 11.2. The molecule has 1 aromatic rings. The molecule has 0 aliphatic rings. The number of carbonyl (C=O) groups excluding carboxylic acids is 1. The van der Waals surface area contributed by atoms with E-state index in [1.165, 1.54) is 0 Å². The van der Waals surface area contributed by atoms with Crippen LogP contribution in [0.4, 0.5) is 0 Å². The molecular weight excluding hydrogens is 230 g/mol. The Morgan fingerprint density at radius 2 is 2.00 bits per heavy atom. The number of nitrogens with one attached hydrogen (secondary N) is 1. The number of carbonyl (C=O) groups is 1. The first-order valence-electron chi connectivity index (χ1n) is 6.29. The maximum atomic E-state index is 11.2. The van der Waals surface area contributed by atoms with E-state index in [1.54, 1.807) is 0 Å². The van der Waals surface area contributed by atoms with Crippen molar-refractivity contribution in [1.29, 1.82) is 0 Å². The Labute approximate surface area is 108 Å². The number of rotatable bonds is 9. The van der Waals surface area contributed by atoms with E-state index in [2.05, 4.69) is 5.32 Å². The molecule has 0 saturated heterocycles. The summed E-state index contributed by atoms with van der Waals surface area (Å²) in [7, 11) is 0. The fourth-order valence-corrected chi connectivity index (χ4v) is 1.41. The van der Waals surface area contributed by atoms with Crippen molar-refractivity contribution < 1.29 is 14.3 Å². The molecule has 0 aliphatic carbocycles. The molecule has 100 valence electrons. The fraction of sp³-hybridized carbons (Fsp3) is 0.500. The smallest absolute Gasteiger partial charge is 0.245 e. The average Bonchev–Trinajstić information content (AvgIpc) is 2.41. The summed E-state index contributed by atoms with van der Waals surface area (Å²) in [5, 5.41) is 2.77. The second kappa shape index (κ2) is 9.62. The Hall–Kier alpha value is -1.39. The summed E-state index contributed by atoms with van der Waals surface area (Å²) in [6.07, 6.45) is 0.810. The van der Waals surface area contributed by atoms with Crippen molar-refractivity contribution in [2.24, 2.45) is 0 Å². The van der Waals surface area contributed by atoms with Gasteiger partial charge in [0.1, 0.15) is 6.61 Å². The van der Waals surface area contributed by atoms with E-state index >= 15 is 0 Å². The number of benzene rings is 1. The quantitative estimate of drug-likeness (QED) is 0.680. The van der Waals surface area contributed by atoms with Gasteiger partial charge < -0.3 is 14.8 Å². The SMILES string of the molecule is CCOCC(=O)NCCCOCc1ccccc1. The molecule has 0 aliphatic heterocycles. The topological polar surface area (TPSA) is 47.6 Å². The summed E-state index contributed by atoms with van der Waals surface area (Å²) in [5.74, 6) is -0.0695. The van der Waals surface area contributed by atoms with Gasteiger partial charge in [0.15, 0.2) is 0 Å². The van der Waals surface area contributed by atoms with Crippen LogP contribution in [0.15, 0.2) is 30.3 Å². The molecule has 0 aromatic heterocycles. The van der Waals surface area contributed by atoms with Crippen LogP contribution in [0.5, 0.6) is 0 Å². The van der Waals surface area contributed by atoms with Gasteiger partial charge in [-0.3, -0.25) is 4.79 Å². The Morgan fingerprint density at radius 1 is 1.22 bits per heavy atom. The van der Waals surface area contributed by atoms with Crippen LogP contribution in [0.25, 0.3) is 0 Å². The van der Waals surface area contributed by atoms with Crippen molar-refractivity contribution in [2.45, 2.75) is 20.0 Å². The first kappa shape index (κ1) is 14.7. The van der Waals surface area contributed by atoms with Crippen LogP contribution in [-0.4, -0.2) is 32.3 Å². The first-order valence-corrected chi connectivity index (χ1v) is 6.29. The summed E-state index contributed by atoms with van der Waals surface area (Å²) >= 11 is 0. The molecule has 1 aromatic carbocycles. The van der Waals surface area contributed by atoms with E-state index in [1.807, 2.05) is 37.3 Å². The van der Waals surface area contributed by atoms with Crippen LogP contribution < -0.4 is 5.32 Å². The van der Waals surface area contributed by atoms with Crippen molar-refractivity contribution in [3.8, 4) is 0 Å². The van der Waals surface area contributed by atoms with Crippen molar-refractivity contribution in [2.75, 3.05) is 26.4 Å². The van der Waals surface area contributed by atoms with Gasteiger partial charge in [-0.15, -0.1) is 0 Å². The largest absolute Gasteiger partial charge is 0.377 e. The lowest BCUT2D eigenvalue weighted by molar-refractivity contribution is -0.125. The van der Waals surface area contributed by atoms with Crippen LogP contribution in [-0.2, 0) is 20.9 Å². The van der Waals surface area contributed by atoms with Gasteiger partial charge in [0, 0.05) is 19.8 Å². The zero-order valence-electron chi connectivity index (χ0n) is 10.9. The van der Waals surface area contributed by atoms with E-state index in [0.29, 0.717) is 26.4 Å². The van der Waals surface area contributed by atoms with Crippen LogP contribution in [0, 0.1) is 0 Å². The minimum absolute atomic E-state index is 0.0695. The minimum atomic E-state index is -0.0695. The number of hydrogen-bond donors (Lipinski definition) is 1. The van der Waals surface area contributed by atoms with E-state index in [-0.39, 0.29) is 12.5 Å². The molecule has 1 rings (SSSR count). The highest BCUT2D eigenvalue weighted by Gasteiger charge is 1.99. The molecule has 0 fully saturated rings. The van der Waals surface area contributed by atoms with Crippen LogP contribution in [0.2, 0.25) is 0 Å². The first-order chi connectivity index (χ1) is 8.83. The van der Waals surface area contributed by atoms with Crippen LogP contribution in [0.1, 0.15) is 18.9 Å². The van der Waals surface area contributed by atoms with Crippen molar-refractivity contribution in [3.05, 3.63) is 35.9 Å². The third-order valence-corrected chi connectivity index (χ3v) is 2.34. The monoisotopic (exact) mass is 251 g/mol. The molecule has 0 bridgehead atoms. The van der Waals surface area contributed by atoms with Gasteiger partial charge in [-0.25, -0.2) is 0 Å². The molecule has 1 N–H and O–H groups in total. The lowest BCUT2D eigenvalue weighted by Crippen LogP contribution is -2.29. The van der Waals surface area contributed by atoms with E-state index < -0.39 is 0 Å². The van der Waals surface area contributed by atoms with Gasteiger partial charge in [0.05, 0.1) is 6.61 Å². The average molecular weight is 251 g/mol. The minimum Gasteiger partial charge on any atom is -0.377 e. The standard InChI is InChI=1S/C14H21NO3/c1-2-17-12-14(16)15-9-6-10-18-11-13-7-4-3-5-8-13/h3-5,7-8H,2,6,9-12H2,1H3,(H,15,16). The molecule has 0 unspecified atom stereocenters. The zero-order valence-corrected chi connectivity index (χ0v) is 10.9. The number of hydrogen-bond acceptors (Lipinski definition) is 3. The Balaban J connectivity index is 1.94. The van der Waals surface area contributed by atoms with Gasteiger partial charge in [0.25, 0.3) is 0 Å². The predicted octanol–water partition coefficient (Wildman–Crippen LogP) is 1.75. The van der Waals surface area contributed by atoms with Crippen LogP contribution >= 0.6 is 0 Å². The van der Waals surface area contributed by atoms with Gasteiger partial charge in [-0.1, -0.05) is 30.3 Å². The molecule has 0 radical (unpaired) electrons. The lowest BCUT2D eigenvalue weighted by Gasteiger charge is -2.06.